The number of hydrogen-bond donors (Lipinski definition) is 0. The third-order valence-electron chi connectivity index (χ3n) is 13.1. The first kappa shape index (κ1) is 51.7. The molecular formula is C58H80O8. The van der Waals surface area contributed by atoms with Crippen molar-refractivity contribution < 1.29 is 41.0 Å². The second-order valence-corrected chi connectivity index (χ2v) is 18.5. The number of hydrogen-bond acceptors (Lipinski definition) is 8. The molecule has 2 aliphatic rings. The van der Waals surface area contributed by atoms with Crippen LogP contribution in [0.25, 0.3) is 0 Å². The summed E-state index contributed by atoms with van der Waals surface area (Å²) in [5.41, 5.74) is 5.08. The van der Waals surface area contributed by atoms with Gasteiger partial charge >= 0.3 is 23.9 Å². The molecule has 6 rings (SSSR count). The maximum atomic E-state index is 12.6. The molecule has 2 aliphatic carbocycles. The molecule has 0 saturated heterocycles. The van der Waals surface area contributed by atoms with Gasteiger partial charge in [0.2, 0.25) is 0 Å². The van der Waals surface area contributed by atoms with Crippen molar-refractivity contribution in [1.82, 2.24) is 0 Å². The van der Waals surface area contributed by atoms with E-state index in [1.807, 2.05) is 97.1 Å². The minimum Gasteiger partial charge on any atom is -0.426 e. The van der Waals surface area contributed by atoms with Crippen LogP contribution in [0.5, 0.6) is 23.0 Å². The van der Waals surface area contributed by atoms with Gasteiger partial charge in [-0.05, 0) is 174 Å². The fraction of sp³-hybridized carbons (Fsp3) is 0.517. The summed E-state index contributed by atoms with van der Waals surface area (Å²) in [7, 11) is 0. The molecule has 0 N–H and O–H groups in total. The molecular weight excluding hydrogens is 825 g/mol. The average molecular weight is 905 g/mol. The summed E-state index contributed by atoms with van der Waals surface area (Å²) in [6.45, 7) is 8.76. The monoisotopic (exact) mass is 905 g/mol. The van der Waals surface area contributed by atoms with Gasteiger partial charge in [0, 0.05) is 2.85 Å². The molecule has 0 bridgehead atoms. The SMILES string of the molecule is CCCCCc1ccc(OC(=O)C2CCC(C(=O)Oc3ccc(CCCCC)cc3)CC2)cc1.CCCCc1ccc(OC(=O)C2CCC(C(=O)Oc3ccc(CCCC)cc3)CC2)cc1.[HH].[HH]. The molecule has 0 atom stereocenters. The molecule has 360 valence electrons. The van der Waals surface area contributed by atoms with E-state index < -0.39 is 0 Å². The van der Waals surface area contributed by atoms with Crippen molar-refractivity contribution in [3.05, 3.63) is 119 Å². The van der Waals surface area contributed by atoms with E-state index in [0.29, 0.717) is 74.4 Å². The topological polar surface area (TPSA) is 105 Å². The maximum Gasteiger partial charge on any atom is 0.314 e. The van der Waals surface area contributed by atoms with Gasteiger partial charge in [0.15, 0.2) is 0 Å². The average Bonchev–Trinajstić information content (AvgIpc) is 3.35. The second-order valence-electron chi connectivity index (χ2n) is 18.5. The van der Waals surface area contributed by atoms with E-state index in [0.717, 1.165) is 51.4 Å². The highest BCUT2D eigenvalue weighted by molar-refractivity contribution is 5.79. The Labute approximate surface area is 398 Å². The number of rotatable bonds is 22. The minimum absolute atomic E-state index is 0. The molecule has 0 aromatic heterocycles. The highest BCUT2D eigenvalue weighted by atomic mass is 16.5. The van der Waals surface area contributed by atoms with E-state index in [1.54, 1.807) is 0 Å². The zero-order valence-electron chi connectivity index (χ0n) is 40.4. The molecule has 0 aliphatic heterocycles. The number of benzene rings is 4. The Morgan fingerprint density at radius 3 is 0.727 bits per heavy atom. The van der Waals surface area contributed by atoms with Crippen molar-refractivity contribution in [2.45, 2.75) is 169 Å². The first-order valence-corrected chi connectivity index (χ1v) is 25.4. The second kappa shape index (κ2) is 28.7. The van der Waals surface area contributed by atoms with Crippen LogP contribution < -0.4 is 18.9 Å². The van der Waals surface area contributed by atoms with Crippen molar-refractivity contribution in [3.8, 4) is 23.0 Å². The third kappa shape index (κ3) is 17.9. The highest BCUT2D eigenvalue weighted by Crippen LogP contribution is 2.33. The molecule has 4 aromatic rings. The van der Waals surface area contributed by atoms with Gasteiger partial charge in [-0.3, -0.25) is 19.2 Å². The molecule has 0 heterocycles. The van der Waals surface area contributed by atoms with E-state index in [1.165, 1.54) is 60.8 Å². The fourth-order valence-corrected chi connectivity index (χ4v) is 8.74. The summed E-state index contributed by atoms with van der Waals surface area (Å²) < 4.78 is 22.4. The molecule has 0 spiro atoms. The summed E-state index contributed by atoms with van der Waals surface area (Å²) in [6, 6.07) is 31.3. The molecule has 8 nitrogen and oxygen atoms in total. The highest BCUT2D eigenvalue weighted by Gasteiger charge is 2.33. The van der Waals surface area contributed by atoms with Crippen molar-refractivity contribution in [2.75, 3.05) is 0 Å². The van der Waals surface area contributed by atoms with Crippen LogP contribution >= 0.6 is 0 Å². The molecule has 4 aromatic carbocycles. The Kier molecular flexibility index (Phi) is 22.5. The zero-order chi connectivity index (χ0) is 46.9. The van der Waals surface area contributed by atoms with Gasteiger partial charge in [0.25, 0.3) is 0 Å². The smallest absolute Gasteiger partial charge is 0.314 e. The van der Waals surface area contributed by atoms with E-state index in [2.05, 4.69) is 27.7 Å². The van der Waals surface area contributed by atoms with Crippen LogP contribution in [0.1, 0.15) is 168 Å². The zero-order valence-corrected chi connectivity index (χ0v) is 40.4. The Morgan fingerprint density at radius 2 is 0.530 bits per heavy atom. The summed E-state index contributed by atoms with van der Waals surface area (Å²) in [5, 5.41) is 0. The number of ether oxygens (including phenoxy) is 4. The van der Waals surface area contributed by atoms with Gasteiger partial charge in [-0.2, -0.15) is 0 Å². The Balaban J connectivity index is 0.000000351. The lowest BCUT2D eigenvalue weighted by molar-refractivity contribution is -0.145. The van der Waals surface area contributed by atoms with Crippen LogP contribution in [0.4, 0.5) is 0 Å². The molecule has 8 heteroatoms. The van der Waals surface area contributed by atoms with Gasteiger partial charge in [0.05, 0.1) is 23.7 Å². The van der Waals surface area contributed by atoms with Crippen molar-refractivity contribution in [3.63, 3.8) is 0 Å². The molecule has 0 unspecified atom stereocenters. The first-order valence-electron chi connectivity index (χ1n) is 25.4. The van der Waals surface area contributed by atoms with E-state index >= 15 is 0 Å². The summed E-state index contributed by atoms with van der Waals surface area (Å²) in [6.07, 6.45) is 21.4. The predicted molar refractivity (Wildman–Crippen MR) is 267 cm³/mol. The van der Waals surface area contributed by atoms with Crippen LogP contribution in [-0.2, 0) is 44.9 Å². The van der Waals surface area contributed by atoms with E-state index in [4.69, 9.17) is 18.9 Å². The normalized spacial score (nSPS) is 18.0. The van der Waals surface area contributed by atoms with Gasteiger partial charge in [-0.1, -0.05) is 115 Å². The fourth-order valence-electron chi connectivity index (χ4n) is 8.74. The van der Waals surface area contributed by atoms with Crippen LogP contribution in [0, 0.1) is 23.7 Å². The van der Waals surface area contributed by atoms with Crippen LogP contribution in [0.3, 0.4) is 0 Å². The molecule has 0 amide bonds. The lowest BCUT2D eigenvalue weighted by Gasteiger charge is -2.25. The number of carbonyl (C=O) groups is 4. The molecule has 0 radical (unpaired) electrons. The number of aryl methyl sites for hydroxylation is 4. The molecule has 2 saturated carbocycles. The quantitative estimate of drug-likeness (QED) is 0.0436. The standard InChI is InChI=1S/C30H40O4.C28H36O4.2H2/c1-3-5-7-9-23-11-19-27(20-12-23)33-29(31)25-15-17-26(18-16-25)30(32)34-28-21-13-24(14-22-28)10-8-6-4-2;1-3-5-7-21-9-17-25(18-10-21)31-27(29)23-13-15-24(16-14-23)28(30)32-26-19-11-22(12-20-26)8-6-4-2;;/h11-14,19-22,25-26H,3-10,15-18H2,1-2H3;9-12,17-20,23-24H,3-8,13-16H2,1-2H3;2*1H. The largest absolute Gasteiger partial charge is 0.426 e. The van der Waals surface area contributed by atoms with Gasteiger partial charge in [-0.25, -0.2) is 0 Å². The third-order valence-corrected chi connectivity index (χ3v) is 13.1. The summed E-state index contributed by atoms with van der Waals surface area (Å²) in [4.78, 5) is 50.4. The van der Waals surface area contributed by atoms with E-state index in [-0.39, 0.29) is 50.4 Å². The number of carbonyl (C=O) groups excluding carboxylic acids is 4. The lowest BCUT2D eigenvalue weighted by Crippen LogP contribution is -2.30. The van der Waals surface area contributed by atoms with Crippen LogP contribution in [0.2, 0.25) is 0 Å². The maximum absolute atomic E-state index is 12.6. The van der Waals surface area contributed by atoms with Crippen molar-refractivity contribution >= 4 is 23.9 Å². The number of unbranched alkanes of at least 4 members (excludes halogenated alkanes) is 6. The minimum atomic E-state index is -0.194. The first-order chi connectivity index (χ1) is 32.2. The van der Waals surface area contributed by atoms with Crippen molar-refractivity contribution in [1.29, 1.82) is 0 Å². The van der Waals surface area contributed by atoms with Gasteiger partial charge < -0.3 is 18.9 Å². The van der Waals surface area contributed by atoms with Crippen LogP contribution in [0.15, 0.2) is 97.1 Å². The van der Waals surface area contributed by atoms with Crippen molar-refractivity contribution in [2.24, 2.45) is 23.7 Å². The van der Waals surface area contributed by atoms with Gasteiger partial charge in [0.1, 0.15) is 23.0 Å². The Bertz CT molecular complexity index is 1890. The summed E-state index contributed by atoms with van der Waals surface area (Å²) in [5.74, 6) is 1.00. The van der Waals surface area contributed by atoms with E-state index in [9.17, 15) is 19.2 Å². The summed E-state index contributed by atoms with van der Waals surface area (Å²) >= 11 is 0. The van der Waals surface area contributed by atoms with Crippen LogP contribution in [-0.4, -0.2) is 23.9 Å². The Morgan fingerprint density at radius 1 is 0.333 bits per heavy atom. The molecule has 2 fully saturated rings. The lowest BCUT2D eigenvalue weighted by atomic mass is 9.82. The molecule has 66 heavy (non-hydrogen) atoms. The predicted octanol–water partition coefficient (Wildman–Crippen LogP) is 14.7. The number of esters is 4. The van der Waals surface area contributed by atoms with Gasteiger partial charge in [-0.15, -0.1) is 0 Å². The Hall–Kier alpha value is -5.24.